The molecule has 0 spiro atoms. The molecular weight excluding hydrogens is 489 g/mol. The summed E-state index contributed by atoms with van der Waals surface area (Å²) in [6.45, 7) is 10.1. The van der Waals surface area contributed by atoms with E-state index in [2.05, 4.69) is 54.2 Å². The second-order valence-corrected chi connectivity index (χ2v) is 15.5. The molecular formula is C22H32N5O6PSi. The molecule has 0 aliphatic carbocycles. The standard InChI is InChI=1S/C22H32N5O6PSi/c1-22(2,3)35(4,5)33-19-17(31-16(12-28)18(19)32-34(29)30)15-11-25-27-20(15)23-13-24-21(27)26-14-9-7-6-8-10-14/h6-11,13,16-19,28,34H,12H2,1-5H3,(H,29,30)(H,23,24,26)/t16-,17+,18-,19+/m1/s1. The fourth-order valence-electron chi connectivity index (χ4n) is 3.80. The number of para-hydroxylation sites is 1. The molecule has 1 aliphatic heterocycles. The molecule has 2 aromatic heterocycles. The first-order chi connectivity index (χ1) is 16.5. The van der Waals surface area contributed by atoms with Gasteiger partial charge in [0.1, 0.15) is 30.7 Å². The zero-order chi connectivity index (χ0) is 25.4. The Balaban J connectivity index is 1.75. The average molecular weight is 522 g/mol. The van der Waals surface area contributed by atoms with E-state index in [1.54, 1.807) is 10.7 Å². The minimum absolute atomic E-state index is 0.139. The molecule has 13 heteroatoms. The molecule has 0 saturated carbocycles. The smallest absolute Gasteiger partial charge is 0.317 e. The van der Waals surface area contributed by atoms with Crippen molar-refractivity contribution in [2.45, 2.75) is 63.3 Å². The van der Waals surface area contributed by atoms with Crippen molar-refractivity contribution in [3.8, 4) is 0 Å². The van der Waals surface area contributed by atoms with Crippen LogP contribution in [0.3, 0.4) is 0 Å². The normalized spacial score (nSPS) is 24.1. The van der Waals surface area contributed by atoms with Gasteiger partial charge < -0.3 is 29.0 Å². The zero-order valence-corrected chi connectivity index (χ0v) is 22.4. The molecule has 5 atom stereocenters. The number of hydrogen-bond donors (Lipinski definition) is 3. The van der Waals surface area contributed by atoms with E-state index in [1.807, 2.05) is 30.3 Å². The van der Waals surface area contributed by atoms with E-state index in [0.717, 1.165) is 5.69 Å². The topological polar surface area (TPSA) is 140 Å². The predicted molar refractivity (Wildman–Crippen MR) is 133 cm³/mol. The van der Waals surface area contributed by atoms with Crippen molar-refractivity contribution in [2.24, 2.45) is 0 Å². The van der Waals surface area contributed by atoms with Gasteiger partial charge in [0.05, 0.1) is 12.8 Å². The molecule has 1 aliphatic rings. The van der Waals surface area contributed by atoms with E-state index in [0.29, 0.717) is 17.2 Å². The van der Waals surface area contributed by atoms with Crippen LogP contribution in [0.1, 0.15) is 32.4 Å². The number of nitrogens with zero attached hydrogens (tertiary/aromatic N) is 4. The molecule has 0 radical (unpaired) electrons. The molecule has 3 N–H and O–H groups in total. The number of fused-ring (bicyclic) bond motifs is 1. The Labute approximate surface area is 205 Å². The molecule has 0 bridgehead atoms. The number of hydrogen-bond acceptors (Lipinski definition) is 9. The van der Waals surface area contributed by atoms with E-state index >= 15 is 0 Å². The number of rotatable bonds is 8. The van der Waals surface area contributed by atoms with Crippen LogP contribution >= 0.6 is 8.25 Å². The fraction of sp³-hybridized carbons (Fsp3) is 0.500. The predicted octanol–water partition coefficient (Wildman–Crippen LogP) is 3.46. The number of aromatic nitrogens is 4. The zero-order valence-electron chi connectivity index (χ0n) is 20.4. The van der Waals surface area contributed by atoms with Crippen molar-refractivity contribution < 1.29 is 28.3 Å². The van der Waals surface area contributed by atoms with Crippen LogP contribution in [-0.2, 0) is 18.3 Å². The highest BCUT2D eigenvalue weighted by Gasteiger charge is 2.52. The van der Waals surface area contributed by atoms with Crippen molar-refractivity contribution in [1.82, 2.24) is 19.6 Å². The molecule has 3 heterocycles. The van der Waals surface area contributed by atoms with Gasteiger partial charge in [-0.15, -0.1) is 0 Å². The summed E-state index contributed by atoms with van der Waals surface area (Å²) in [4.78, 5) is 18.3. The maximum atomic E-state index is 11.7. The monoisotopic (exact) mass is 521 g/mol. The number of aliphatic hydroxyl groups excluding tert-OH is 1. The highest BCUT2D eigenvalue weighted by molar-refractivity contribution is 7.32. The van der Waals surface area contributed by atoms with E-state index < -0.39 is 47.6 Å². The molecule has 4 rings (SSSR count). The fourth-order valence-corrected chi connectivity index (χ4v) is 5.61. The third-order valence-electron chi connectivity index (χ3n) is 6.63. The largest absolute Gasteiger partial charge is 0.408 e. The maximum Gasteiger partial charge on any atom is 0.317 e. The number of ether oxygens (including phenoxy) is 1. The van der Waals surface area contributed by atoms with Crippen molar-refractivity contribution in [3.05, 3.63) is 48.4 Å². The van der Waals surface area contributed by atoms with Gasteiger partial charge in [0.2, 0.25) is 5.95 Å². The van der Waals surface area contributed by atoms with Gasteiger partial charge in [-0.3, -0.25) is 4.57 Å². The molecule has 1 fully saturated rings. The van der Waals surface area contributed by atoms with Crippen molar-refractivity contribution >= 4 is 33.9 Å². The Hall–Kier alpha value is -2.18. The lowest BCUT2D eigenvalue weighted by atomic mass is 10.0. The van der Waals surface area contributed by atoms with Gasteiger partial charge in [-0.1, -0.05) is 39.0 Å². The van der Waals surface area contributed by atoms with Gasteiger partial charge in [0.25, 0.3) is 0 Å². The van der Waals surface area contributed by atoms with Crippen LogP contribution in [-0.4, -0.2) is 62.8 Å². The molecule has 190 valence electrons. The van der Waals surface area contributed by atoms with Crippen LogP contribution in [0.2, 0.25) is 18.1 Å². The average Bonchev–Trinajstić information content (AvgIpc) is 3.35. The van der Waals surface area contributed by atoms with Crippen molar-refractivity contribution in [1.29, 1.82) is 0 Å². The Morgan fingerprint density at radius 1 is 1.20 bits per heavy atom. The highest BCUT2D eigenvalue weighted by Crippen LogP contribution is 2.46. The van der Waals surface area contributed by atoms with E-state index in [1.165, 1.54) is 6.33 Å². The molecule has 1 aromatic carbocycles. The quantitative estimate of drug-likeness (QED) is 0.298. The first kappa shape index (κ1) is 25.9. The second-order valence-electron chi connectivity index (χ2n) is 9.99. The summed E-state index contributed by atoms with van der Waals surface area (Å²) in [6.07, 6.45) is -0.226. The third-order valence-corrected chi connectivity index (χ3v) is 11.6. The third kappa shape index (κ3) is 5.33. The van der Waals surface area contributed by atoms with E-state index in [4.69, 9.17) is 13.7 Å². The lowest BCUT2D eigenvalue weighted by Crippen LogP contribution is -2.48. The van der Waals surface area contributed by atoms with Crippen LogP contribution in [0.25, 0.3) is 5.65 Å². The summed E-state index contributed by atoms with van der Waals surface area (Å²) in [5, 5.41) is 17.5. The number of benzene rings is 1. The lowest BCUT2D eigenvalue weighted by molar-refractivity contribution is -0.0181. The van der Waals surface area contributed by atoms with Gasteiger partial charge in [-0.2, -0.15) is 9.61 Å². The Morgan fingerprint density at radius 3 is 2.54 bits per heavy atom. The summed E-state index contributed by atoms with van der Waals surface area (Å²) >= 11 is 0. The Bertz CT molecular complexity index is 1190. The summed E-state index contributed by atoms with van der Waals surface area (Å²) in [6, 6.07) is 9.56. The van der Waals surface area contributed by atoms with Gasteiger partial charge in [0.15, 0.2) is 14.0 Å². The van der Waals surface area contributed by atoms with Crippen LogP contribution in [0.4, 0.5) is 11.6 Å². The number of anilines is 2. The van der Waals surface area contributed by atoms with Crippen LogP contribution < -0.4 is 5.32 Å². The van der Waals surface area contributed by atoms with Crippen molar-refractivity contribution in [2.75, 3.05) is 11.9 Å². The van der Waals surface area contributed by atoms with Gasteiger partial charge in [-0.25, -0.2) is 9.97 Å². The van der Waals surface area contributed by atoms with Crippen LogP contribution in [0.15, 0.2) is 42.9 Å². The van der Waals surface area contributed by atoms with Crippen molar-refractivity contribution in [3.63, 3.8) is 0 Å². The van der Waals surface area contributed by atoms with Crippen LogP contribution in [0, 0.1) is 0 Å². The Kier molecular flexibility index (Phi) is 7.44. The molecule has 3 aromatic rings. The first-order valence-electron chi connectivity index (χ1n) is 11.4. The van der Waals surface area contributed by atoms with Gasteiger partial charge >= 0.3 is 8.25 Å². The van der Waals surface area contributed by atoms with Gasteiger partial charge in [-0.05, 0) is 30.3 Å². The number of nitrogens with one attached hydrogen (secondary N) is 1. The summed E-state index contributed by atoms with van der Waals surface area (Å²) in [5.74, 6) is 0.458. The molecule has 0 amide bonds. The van der Waals surface area contributed by atoms with E-state index in [-0.39, 0.29) is 5.04 Å². The molecule has 11 nitrogen and oxygen atoms in total. The van der Waals surface area contributed by atoms with Crippen LogP contribution in [0.5, 0.6) is 0 Å². The van der Waals surface area contributed by atoms with E-state index in [9.17, 15) is 14.6 Å². The molecule has 1 saturated heterocycles. The highest BCUT2D eigenvalue weighted by atomic mass is 31.1. The minimum atomic E-state index is -3.32. The Morgan fingerprint density at radius 2 is 1.91 bits per heavy atom. The summed E-state index contributed by atoms with van der Waals surface area (Å²) in [7, 11) is -5.69. The summed E-state index contributed by atoms with van der Waals surface area (Å²) in [5.41, 5.74) is 1.93. The van der Waals surface area contributed by atoms with Gasteiger partial charge in [0, 0.05) is 11.3 Å². The molecule has 1 unspecified atom stereocenters. The maximum absolute atomic E-state index is 11.7. The second kappa shape index (κ2) is 10.1. The first-order valence-corrected chi connectivity index (χ1v) is 15.5. The minimum Gasteiger partial charge on any atom is -0.408 e. The SMILES string of the molecule is CC(C)(C)[Si](C)(C)O[C@@H]1[C@H](O[PH](=O)O)[C@@H](CO)O[C@H]1c1cnn2c(Nc3ccccc3)ncnc12. The molecule has 35 heavy (non-hydrogen) atoms. The lowest BCUT2D eigenvalue weighted by Gasteiger charge is -2.40. The summed E-state index contributed by atoms with van der Waals surface area (Å²) < 4.78 is 31.4. The number of aliphatic hydroxyl groups is 1.